The molecule has 0 aliphatic rings. The van der Waals surface area contributed by atoms with Crippen molar-refractivity contribution in [3.8, 4) is 0 Å². The number of hydrogen-bond acceptors (Lipinski definition) is 3. The maximum Gasteiger partial charge on any atom is 0.154 e. The first-order valence-corrected chi connectivity index (χ1v) is 6.94. The molecule has 0 spiro atoms. The molecule has 1 atom stereocenters. The van der Waals surface area contributed by atoms with Gasteiger partial charge in [0.2, 0.25) is 0 Å². The fourth-order valence-electron chi connectivity index (χ4n) is 1.09. The van der Waals surface area contributed by atoms with Gasteiger partial charge < -0.3 is 5.32 Å². The average Bonchev–Trinajstić information content (AvgIpc) is 2.01. The number of sulfone groups is 1. The largest absolute Gasteiger partial charge is 0.314 e. The van der Waals surface area contributed by atoms with Crippen molar-refractivity contribution < 1.29 is 8.42 Å². The lowest BCUT2D eigenvalue weighted by molar-refractivity contribution is 0.538. The molecule has 1 unspecified atom stereocenters. The standard InChI is InChI=1S/C10H23NO2S/c1-8(2)10(5)14(12,13)7-6-11-9(3)4/h8-11H,6-7H2,1-5H3. The van der Waals surface area contributed by atoms with Crippen LogP contribution in [0, 0.1) is 5.92 Å². The molecule has 4 heteroatoms. The predicted octanol–water partition coefficient (Wildman–Crippen LogP) is 1.44. The van der Waals surface area contributed by atoms with Crippen molar-refractivity contribution >= 4 is 9.84 Å². The Morgan fingerprint density at radius 3 is 1.93 bits per heavy atom. The van der Waals surface area contributed by atoms with Crippen molar-refractivity contribution in [1.29, 1.82) is 0 Å². The fourth-order valence-corrected chi connectivity index (χ4v) is 2.69. The summed E-state index contributed by atoms with van der Waals surface area (Å²) in [5.41, 5.74) is 0. The molecular formula is C10H23NO2S. The Morgan fingerprint density at radius 1 is 1.07 bits per heavy atom. The van der Waals surface area contributed by atoms with Crippen LogP contribution < -0.4 is 5.32 Å². The van der Waals surface area contributed by atoms with Crippen LogP contribution in [0.2, 0.25) is 0 Å². The molecule has 0 bridgehead atoms. The van der Waals surface area contributed by atoms with Gasteiger partial charge in [-0.25, -0.2) is 8.42 Å². The molecule has 1 N–H and O–H groups in total. The molecule has 0 aliphatic heterocycles. The van der Waals surface area contributed by atoms with Crippen molar-refractivity contribution in [2.75, 3.05) is 12.3 Å². The Labute approximate surface area is 88.2 Å². The van der Waals surface area contributed by atoms with E-state index in [1.165, 1.54) is 0 Å². The quantitative estimate of drug-likeness (QED) is 0.738. The Morgan fingerprint density at radius 2 is 1.57 bits per heavy atom. The van der Waals surface area contributed by atoms with Crippen LogP contribution in [0.5, 0.6) is 0 Å². The van der Waals surface area contributed by atoms with Crippen LogP contribution in [0.3, 0.4) is 0 Å². The van der Waals surface area contributed by atoms with Crippen LogP contribution in [0.15, 0.2) is 0 Å². The first-order chi connectivity index (χ1) is 6.27. The zero-order chi connectivity index (χ0) is 11.4. The summed E-state index contributed by atoms with van der Waals surface area (Å²) in [6.45, 7) is 10.2. The molecule has 0 aromatic carbocycles. The second kappa shape index (κ2) is 5.71. The summed E-state index contributed by atoms with van der Waals surface area (Å²) in [4.78, 5) is 0. The highest BCUT2D eigenvalue weighted by Crippen LogP contribution is 2.11. The van der Waals surface area contributed by atoms with Crippen LogP contribution in [0.1, 0.15) is 34.6 Å². The summed E-state index contributed by atoms with van der Waals surface area (Å²) in [6, 6.07) is 0.347. The van der Waals surface area contributed by atoms with Gasteiger partial charge >= 0.3 is 0 Å². The molecule has 0 fully saturated rings. The summed E-state index contributed by atoms with van der Waals surface area (Å²) in [7, 11) is -2.92. The van der Waals surface area contributed by atoms with Crippen LogP contribution in [0.25, 0.3) is 0 Å². The molecular weight excluding hydrogens is 198 g/mol. The zero-order valence-corrected chi connectivity index (χ0v) is 10.7. The van der Waals surface area contributed by atoms with Crippen LogP contribution in [0.4, 0.5) is 0 Å². The predicted molar refractivity (Wildman–Crippen MR) is 61.2 cm³/mol. The van der Waals surface area contributed by atoms with E-state index >= 15 is 0 Å². The van der Waals surface area contributed by atoms with E-state index in [0.717, 1.165) is 0 Å². The maximum atomic E-state index is 11.7. The molecule has 0 saturated carbocycles. The highest BCUT2D eigenvalue weighted by atomic mass is 32.2. The van der Waals surface area contributed by atoms with Crippen molar-refractivity contribution in [3.05, 3.63) is 0 Å². The fraction of sp³-hybridized carbons (Fsp3) is 1.00. The SMILES string of the molecule is CC(C)NCCS(=O)(=O)C(C)C(C)C. The molecule has 0 rings (SSSR count). The molecule has 0 radical (unpaired) electrons. The third-order valence-corrected chi connectivity index (χ3v) is 4.89. The van der Waals surface area contributed by atoms with Crippen LogP contribution in [-0.4, -0.2) is 32.0 Å². The van der Waals surface area contributed by atoms with Crippen molar-refractivity contribution in [3.63, 3.8) is 0 Å². The molecule has 0 saturated heterocycles. The molecule has 0 aliphatic carbocycles. The van der Waals surface area contributed by atoms with E-state index in [1.807, 2.05) is 27.7 Å². The second-order valence-electron chi connectivity index (χ2n) is 4.42. The van der Waals surface area contributed by atoms with E-state index in [0.29, 0.717) is 12.6 Å². The molecule has 0 amide bonds. The van der Waals surface area contributed by atoms with Gasteiger partial charge in [-0.3, -0.25) is 0 Å². The van der Waals surface area contributed by atoms with Crippen molar-refractivity contribution in [1.82, 2.24) is 5.32 Å². The number of rotatable bonds is 6. The molecule has 86 valence electrons. The summed E-state index contributed by atoms with van der Waals surface area (Å²) < 4.78 is 23.4. The van der Waals surface area contributed by atoms with Gasteiger partial charge in [-0.1, -0.05) is 27.7 Å². The Bertz CT molecular complexity index is 245. The minimum atomic E-state index is -2.92. The summed E-state index contributed by atoms with van der Waals surface area (Å²) in [5, 5.41) is 2.88. The third kappa shape index (κ3) is 4.96. The lowest BCUT2D eigenvalue weighted by Crippen LogP contribution is -2.33. The smallest absolute Gasteiger partial charge is 0.154 e. The van der Waals surface area contributed by atoms with Gasteiger partial charge in [0.1, 0.15) is 0 Å². The van der Waals surface area contributed by atoms with E-state index in [4.69, 9.17) is 0 Å². The van der Waals surface area contributed by atoms with Crippen molar-refractivity contribution in [2.24, 2.45) is 5.92 Å². The number of nitrogens with one attached hydrogen (secondary N) is 1. The molecule has 0 aromatic heterocycles. The van der Waals surface area contributed by atoms with Crippen LogP contribution >= 0.6 is 0 Å². The van der Waals surface area contributed by atoms with E-state index in [-0.39, 0.29) is 16.9 Å². The second-order valence-corrected chi connectivity index (χ2v) is 6.90. The van der Waals surface area contributed by atoms with Crippen LogP contribution in [-0.2, 0) is 9.84 Å². The van der Waals surface area contributed by atoms with Gasteiger partial charge in [-0.2, -0.15) is 0 Å². The molecule has 0 aromatic rings. The summed E-state index contributed by atoms with van der Waals surface area (Å²) >= 11 is 0. The first-order valence-electron chi connectivity index (χ1n) is 5.22. The average molecular weight is 221 g/mol. The van der Waals surface area contributed by atoms with Gasteiger partial charge in [-0.05, 0) is 12.8 Å². The molecule has 0 heterocycles. The first kappa shape index (κ1) is 13.9. The highest BCUT2D eigenvalue weighted by molar-refractivity contribution is 7.92. The van der Waals surface area contributed by atoms with Crippen molar-refractivity contribution in [2.45, 2.75) is 45.9 Å². The Balaban J connectivity index is 4.09. The van der Waals surface area contributed by atoms with E-state index in [1.54, 1.807) is 6.92 Å². The normalized spacial score (nSPS) is 15.1. The Kier molecular flexibility index (Phi) is 5.67. The lowest BCUT2D eigenvalue weighted by Gasteiger charge is -2.17. The summed E-state index contributed by atoms with van der Waals surface area (Å²) in [6.07, 6.45) is 0. The highest BCUT2D eigenvalue weighted by Gasteiger charge is 2.23. The minimum absolute atomic E-state index is 0.194. The Hall–Kier alpha value is -0.0900. The van der Waals surface area contributed by atoms with Gasteiger partial charge in [0.05, 0.1) is 11.0 Å². The van der Waals surface area contributed by atoms with E-state index in [9.17, 15) is 8.42 Å². The molecule has 14 heavy (non-hydrogen) atoms. The zero-order valence-electron chi connectivity index (χ0n) is 9.87. The third-order valence-electron chi connectivity index (χ3n) is 2.44. The topological polar surface area (TPSA) is 46.2 Å². The van der Waals surface area contributed by atoms with Gasteiger partial charge in [0.25, 0.3) is 0 Å². The van der Waals surface area contributed by atoms with Gasteiger partial charge in [0, 0.05) is 12.6 Å². The van der Waals surface area contributed by atoms with Gasteiger partial charge in [0.15, 0.2) is 9.84 Å². The minimum Gasteiger partial charge on any atom is -0.314 e. The number of hydrogen-bond donors (Lipinski definition) is 1. The monoisotopic (exact) mass is 221 g/mol. The maximum absolute atomic E-state index is 11.7. The van der Waals surface area contributed by atoms with E-state index < -0.39 is 9.84 Å². The molecule has 3 nitrogen and oxygen atoms in total. The summed E-state index contributed by atoms with van der Waals surface area (Å²) in [5.74, 6) is 0.434. The lowest BCUT2D eigenvalue weighted by atomic mass is 10.2. The van der Waals surface area contributed by atoms with E-state index in [2.05, 4.69) is 5.32 Å². The van der Waals surface area contributed by atoms with Gasteiger partial charge in [-0.15, -0.1) is 0 Å².